The minimum absolute atomic E-state index is 0.109. The van der Waals surface area contributed by atoms with E-state index in [2.05, 4.69) is 99.1 Å². The highest BCUT2D eigenvalue weighted by Gasteiger charge is 2.12. The molecule has 0 amide bonds. The van der Waals surface area contributed by atoms with E-state index >= 15 is 0 Å². The topological polar surface area (TPSA) is 18.5 Å². The number of allylic oxidation sites excluding steroid dienone is 3. The van der Waals surface area contributed by atoms with Crippen molar-refractivity contribution >= 4 is 58.8 Å². The number of rotatable bonds is 22. The SMILES string of the molecule is C=C/C=C(\C=C)SCC(CSc1ccc(Sc2ccc(SCC(CSc3ccccc3)OCC=C)cc2)cc1)OCC=C. The monoisotopic (exact) mass is 664 g/mol. The van der Waals surface area contributed by atoms with Crippen molar-refractivity contribution in [1.29, 1.82) is 0 Å². The van der Waals surface area contributed by atoms with Crippen LogP contribution in [0.4, 0.5) is 0 Å². The van der Waals surface area contributed by atoms with Gasteiger partial charge in [-0.1, -0.05) is 67.4 Å². The third-order valence-corrected chi connectivity index (χ3v) is 11.4. The lowest BCUT2D eigenvalue weighted by molar-refractivity contribution is 0.109. The number of benzene rings is 3. The Balaban J connectivity index is 1.47. The zero-order chi connectivity index (χ0) is 30.5. The van der Waals surface area contributed by atoms with Gasteiger partial charge < -0.3 is 9.47 Å². The summed E-state index contributed by atoms with van der Waals surface area (Å²) < 4.78 is 12.1. The standard InChI is InChI=1S/C36H40O2S5/c1-5-12-31(8-4)39-25-29(37-23-6-2)27-41-33-15-19-35(20-16-33)43-36-21-17-34(18-22-36)42-28-30(38-24-7-3)26-40-32-13-10-9-11-14-32/h5-22,29-30H,1-4,23-28H2/b31-12+. The fourth-order valence-electron chi connectivity index (χ4n) is 3.61. The molecule has 226 valence electrons. The molecule has 2 nitrogen and oxygen atoms in total. The zero-order valence-corrected chi connectivity index (χ0v) is 28.6. The maximum absolute atomic E-state index is 6.04. The van der Waals surface area contributed by atoms with Crippen LogP contribution in [-0.4, -0.2) is 48.4 Å². The molecule has 0 spiro atoms. The third-order valence-electron chi connectivity index (χ3n) is 5.75. The van der Waals surface area contributed by atoms with E-state index in [0.29, 0.717) is 13.2 Å². The van der Waals surface area contributed by atoms with Gasteiger partial charge in [0.1, 0.15) is 0 Å². The molecule has 0 bridgehead atoms. The zero-order valence-electron chi connectivity index (χ0n) is 24.5. The summed E-state index contributed by atoms with van der Waals surface area (Å²) in [6.07, 6.45) is 9.50. The molecule has 43 heavy (non-hydrogen) atoms. The maximum atomic E-state index is 6.04. The lowest BCUT2D eigenvalue weighted by atomic mass is 10.4. The number of thioether (sulfide) groups is 4. The fourth-order valence-corrected chi connectivity index (χ4v) is 8.41. The van der Waals surface area contributed by atoms with E-state index in [1.54, 1.807) is 35.7 Å². The van der Waals surface area contributed by atoms with E-state index in [4.69, 9.17) is 9.47 Å². The van der Waals surface area contributed by atoms with E-state index < -0.39 is 0 Å². The molecule has 0 fully saturated rings. The molecule has 0 N–H and O–H groups in total. The molecule has 2 atom stereocenters. The first-order valence-corrected chi connectivity index (χ1v) is 18.7. The van der Waals surface area contributed by atoms with Crippen molar-refractivity contribution in [1.82, 2.24) is 0 Å². The van der Waals surface area contributed by atoms with Crippen molar-refractivity contribution in [3.05, 3.63) is 140 Å². The van der Waals surface area contributed by atoms with Gasteiger partial charge in [-0.05, 0) is 66.7 Å². The first-order chi connectivity index (χ1) is 21.1. The molecule has 0 aliphatic rings. The number of hydrogen-bond donors (Lipinski definition) is 0. The van der Waals surface area contributed by atoms with Crippen molar-refractivity contribution in [2.75, 3.05) is 36.2 Å². The van der Waals surface area contributed by atoms with Gasteiger partial charge in [-0.15, -0.1) is 60.2 Å². The number of ether oxygens (including phenoxy) is 2. The molecule has 0 radical (unpaired) electrons. The molecule has 0 saturated carbocycles. The molecule has 0 heterocycles. The van der Waals surface area contributed by atoms with Gasteiger partial charge in [-0.25, -0.2) is 0 Å². The van der Waals surface area contributed by atoms with Gasteiger partial charge in [-0.3, -0.25) is 0 Å². The Hall–Kier alpha value is -1.97. The van der Waals surface area contributed by atoms with Crippen LogP contribution in [0.15, 0.2) is 165 Å². The van der Waals surface area contributed by atoms with E-state index in [1.807, 2.05) is 59.6 Å². The van der Waals surface area contributed by atoms with Crippen LogP contribution < -0.4 is 0 Å². The minimum Gasteiger partial charge on any atom is -0.372 e. The van der Waals surface area contributed by atoms with Crippen LogP contribution in [0.3, 0.4) is 0 Å². The van der Waals surface area contributed by atoms with Crippen LogP contribution in [0.5, 0.6) is 0 Å². The average Bonchev–Trinajstić information content (AvgIpc) is 3.05. The Morgan fingerprint density at radius 1 is 0.581 bits per heavy atom. The van der Waals surface area contributed by atoms with Crippen molar-refractivity contribution < 1.29 is 9.47 Å². The Morgan fingerprint density at radius 2 is 1.02 bits per heavy atom. The van der Waals surface area contributed by atoms with E-state index in [0.717, 1.165) is 27.9 Å². The Labute approximate surface area is 280 Å². The average molecular weight is 665 g/mol. The summed E-state index contributed by atoms with van der Waals surface area (Å²) in [7, 11) is 0. The molecule has 0 aliphatic carbocycles. The van der Waals surface area contributed by atoms with Crippen molar-refractivity contribution in [2.24, 2.45) is 0 Å². The molecule has 0 aliphatic heterocycles. The van der Waals surface area contributed by atoms with Gasteiger partial charge in [0.25, 0.3) is 0 Å². The highest BCUT2D eigenvalue weighted by atomic mass is 32.2. The molecule has 3 aromatic carbocycles. The highest BCUT2D eigenvalue weighted by Crippen LogP contribution is 2.32. The van der Waals surface area contributed by atoms with Crippen molar-refractivity contribution in [3.8, 4) is 0 Å². The predicted molar refractivity (Wildman–Crippen MR) is 196 cm³/mol. The van der Waals surface area contributed by atoms with E-state index in [1.165, 1.54) is 24.5 Å². The van der Waals surface area contributed by atoms with Crippen LogP contribution in [0.1, 0.15) is 0 Å². The maximum Gasteiger partial charge on any atom is 0.0766 e. The summed E-state index contributed by atoms with van der Waals surface area (Å²) >= 11 is 9.01. The Morgan fingerprint density at radius 3 is 1.47 bits per heavy atom. The van der Waals surface area contributed by atoms with Crippen LogP contribution >= 0.6 is 58.8 Å². The first-order valence-electron chi connectivity index (χ1n) is 14.0. The summed E-state index contributed by atoms with van der Waals surface area (Å²) in [6.45, 7) is 16.4. The van der Waals surface area contributed by atoms with E-state index in [9.17, 15) is 0 Å². The van der Waals surface area contributed by atoms with Gasteiger partial charge in [0.05, 0.1) is 25.4 Å². The molecule has 0 aromatic heterocycles. The minimum atomic E-state index is 0.109. The highest BCUT2D eigenvalue weighted by molar-refractivity contribution is 8.03. The van der Waals surface area contributed by atoms with Gasteiger partial charge in [0.15, 0.2) is 0 Å². The summed E-state index contributed by atoms with van der Waals surface area (Å²) in [5.41, 5.74) is 0. The molecule has 3 rings (SSSR count). The Kier molecular flexibility index (Phi) is 17.9. The smallest absolute Gasteiger partial charge is 0.0766 e. The van der Waals surface area contributed by atoms with Crippen LogP contribution in [0.25, 0.3) is 0 Å². The van der Waals surface area contributed by atoms with Crippen molar-refractivity contribution in [2.45, 2.75) is 36.7 Å². The summed E-state index contributed by atoms with van der Waals surface area (Å²) in [5.74, 6) is 3.54. The second-order valence-corrected chi connectivity index (χ2v) is 14.6. The molecule has 7 heteroatoms. The van der Waals surface area contributed by atoms with Gasteiger partial charge in [-0.2, -0.15) is 0 Å². The van der Waals surface area contributed by atoms with Gasteiger partial charge in [0, 0.05) is 52.4 Å². The first kappa shape index (κ1) is 35.5. The molecular weight excluding hydrogens is 625 g/mol. The quantitative estimate of drug-likeness (QED) is 0.0597. The van der Waals surface area contributed by atoms with Gasteiger partial charge in [0.2, 0.25) is 0 Å². The largest absolute Gasteiger partial charge is 0.372 e. The third kappa shape index (κ3) is 14.6. The second-order valence-electron chi connectivity index (χ2n) is 9.10. The van der Waals surface area contributed by atoms with Crippen molar-refractivity contribution in [3.63, 3.8) is 0 Å². The van der Waals surface area contributed by atoms with Crippen LogP contribution in [0, 0.1) is 0 Å². The summed E-state index contributed by atoms with van der Waals surface area (Å²) in [4.78, 5) is 7.30. The molecule has 2 unspecified atom stereocenters. The number of hydrogen-bond acceptors (Lipinski definition) is 7. The summed E-state index contributed by atoms with van der Waals surface area (Å²) in [5, 5.41) is 0. The molecular formula is C36H40O2S5. The van der Waals surface area contributed by atoms with Gasteiger partial charge >= 0.3 is 0 Å². The molecule has 0 saturated heterocycles. The fraction of sp³-hybridized carbons (Fsp3) is 0.222. The predicted octanol–water partition coefficient (Wildman–Crippen LogP) is 10.9. The Bertz CT molecular complexity index is 1270. The van der Waals surface area contributed by atoms with E-state index in [-0.39, 0.29) is 12.2 Å². The summed E-state index contributed by atoms with van der Waals surface area (Å²) in [6, 6.07) is 28.1. The second kappa shape index (κ2) is 21.7. The lowest BCUT2D eigenvalue weighted by Crippen LogP contribution is -2.19. The normalized spacial score (nSPS) is 12.8. The molecule has 3 aromatic rings. The van der Waals surface area contributed by atoms with Crippen LogP contribution in [-0.2, 0) is 9.47 Å². The van der Waals surface area contributed by atoms with Crippen LogP contribution in [0.2, 0.25) is 0 Å². The lowest BCUT2D eigenvalue weighted by Gasteiger charge is -2.17.